The summed E-state index contributed by atoms with van der Waals surface area (Å²) in [7, 11) is -1.20. The highest BCUT2D eigenvalue weighted by Gasteiger charge is 2.38. The lowest BCUT2D eigenvalue weighted by molar-refractivity contribution is 0.362. The van der Waals surface area contributed by atoms with Crippen molar-refractivity contribution in [3.63, 3.8) is 0 Å². The highest BCUT2D eigenvalue weighted by atomic mass is 31.2. The van der Waals surface area contributed by atoms with Crippen LogP contribution in [-0.4, -0.2) is 23.8 Å². The summed E-state index contributed by atoms with van der Waals surface area (Å²) in [5, 5.41) is 6.31. The van der Waals surface area contributed by atoms with E-state index in [0.29, 0.717) is 11.2 Å². The number of hydrogen-bond acceptors (Lipinski definition) is 4. The molecule has 5 heteroatoms. The average Bonchev–Trinajstić information content (AvgIpc) is 2.97. The van der Waals surface area contributed by atoms with Crippen molar-refractivity contribution in [3.05, 3.63) is 48.5 Å². The third kappa shape index (κ3) is 2.22. The van der Waals surface area contributed by atoms with Gasteiger partial charge in [-0.1, -0.05) is 47.6 Å². The van der Waals surface area contributed by atoms with Gasteiger partial charge in [-0.3, -0.25) is 0 Å². The number of rotatable bonds is 3. The Hall–Kier alpha value is -1.74. The monoisotopic (exact) mass is 288 g/mol. The summed E-state index contributed by atoms with van der Waals surface area (Å²) in [6.07, 6.45) is 0. The lowest BCUT2D eigenvalue weighted by Gasteiger charge is -2.05. The van der Waals surface area contributed by atoms with Crippen molar-refractivity contribution in [2.24, 2.45) is 0 Å². The number of hydrogen-bond donors (Lipinski definition) is 1. The van der Waals surface area contributed by atoms with E-state index in [1.807, 2.05) is 30.3 Å². The van der Waals surface area contributed by atoms with Gasteiger partial charge >= 0.3 is 13.2 Å². The molecule has 20 heavy (non-hydrogen) atoms. The van der Waals surface area contributed by atoms with Crippen molar-refractivity contribution >= 4 is 24.0 Å². The van der Waals surface area contributed by atoms with E-state index in [1.165, 1.54) is 7.11 Å². The summed E-state index contributed by atoms with van der Waals surface area (Å²) in [6.45, 7) is 1.63. The summed E-state index contributed by atoms with van der Waals surface area (Å²) >= 11 is 0. The SMILES string of the molecule is CO[P+](C)(O)c1cc(-c2cccc3ccccc23)no1. The van der Waals surface area contributed by atoms with Crippen molar-refractivity contribution in [2.75, 3.05) is 13.8 Å². The van der Waals surface area contributed by atoms with Crippen LogP contribution in [0, 0.1) is 0 Å². The van der Waals surface area contributed by atoms with Crippen LogP contribution >= 0.6 is 7.72 Å². The standard InChI is InChI=1S/C15H15NO3P/c1-18-20(2,17)15-10-14(16-19-15)13-9-5-7-11-6-3-4-8-12(11)13/h3-10,17H,1-2H3/q+1. The van der Waals surface area contributed by atoms with Crippen molar-refractivity contribution in [2.45, 2.75) is 0 Å². The minimum Gasteiger partial charge on any atom is -0.313 e. The summed E-state index contributed by atoms with van der Waals surface area (Å²) in [5.41, 5.74) is 2.08. The van der Waals surface area contributed by atoms with Gasteiger partial charge in [0.15, 0.2) is 0 Å². The van der Waals surface area contributed by atoms with Gasteiger partial charge in [-0.05, 0) is 10.8 Å². The molecular weight excluding hydrogens is 273 g/mol. The molecule has 1 unspecified atom stereocenters. The molecule has 102 valence electrons. The van der Waals surface area contributed by atoms with E-state index in [-0.39, 0.29) is 0 Å². The van der Waals surface area contributed by atoms with Crippen LogP contribution in [0.2, 0.25) is 0 Å². The Bertz CT molecular complexity index is 746. The molecule has 3 rings (SSSR count). The average molecular weight is 288 g/mol. The molecular formula is C15H15NO3P+. The van der Waals surface area contributed by atoms with Crippen LogP contribution in [0.3, 0.4) is 0 Å². The first-order valence-electron chi connectivity index (χ1n) is 6.22. The molecule has 0 spiro atoms. The number of fused-ring (bicyclic) bond motifs is 1. The second kappa shape index (κ2) is 4.98. The molecule has 1 heterocycles. The third-order valence-electron chi connectivity index (χ3n) is 3.33. The first-order valence-corrected chi connectivity index (χ1v) is 8.33. The Morgan fingerprint density at radius 3 is 2.70 bits per heavy atom. The highest BCUT2D eigenvalue weighted by molar-refractivity contribution is 7.72. The maximum Gasteiger partial charge on any atom is 0.339 e. The Labute approximate surface area is 117 Å². The predicted molar refractivity (Wildman–Crippen MR) is 81.2 cm³/mol. The van der Waals surface area contributed by atoms with Crippen LogP contribution in [0.15, 0.2) is 53.1 Å². The summed E-state index contributed by atoms with van der Waals surface area (Å²) in [4.78, 5) is 10.1. The summed E-state index contributed by atoms with van der Waals surface area (Å²) in [5.74, 6) is 0. The minimum absolute atomic E-state index is 0.392. The van der Waals surface area contributed by atoms with Crippen molar-refractivity contribution in [1.82, 2.24) is 5.16 Å². The zero-order chi connectivity index (χ0) is 14.2. The molecule has 0 amide bonds. The second-order valence-corrected chi connectivity index (χ2v) is 7.20. The lowest BCUT2D eigenvalue weighted by Crippen LogP contribution is -2.08. The topological polar surface area (TPSA) is 55.5 Å². The van der Waals surface area contributed by atoms with Gasteiger partial charge in [0.25, 0.3) is 0 Å². The first kappa shape index (κ1) is 13.3. The minimum atomic E-state index is -2.66. The molecule has 0 bridgehead atoms. The quantitative estimate of drug-likeness (QED) is 0.752. The molecule has 0 aliphatic heterocycles. The third-order valence-corrected chi connectivity index (χ3v) is 5.07. The first-order chi connectivity index (χ1) is 9.62. The van der Waals surface area contributed by atoms with E-state index in [1.54, 1.807) is 12.7 Å². The van der Waals surface area contributed by atoms with Gasteiger partial charge in [0.05, 0.1) is 13.2 Å². The summed E-state index contributed by atoms with van der Waals surface area (Å²) < 4.78 is 10.3. The molecule has 0 saturated carbocycles. The van der Waals surface area contributed by atoms with E-state index >= 15 is 0 Å². The van der Waals surface area contributed by atoms with E-state index < -0.39 is 7.72 Å². The van der Waals surface area contributed by atoms with E-state index in [4.69, 9.17) is 9.05 Å². The van der Waals surface area contributed by atoms with E-state index in [2.05, 4.69) is 17.3 Å². The van der Waals surface area contributed by atoms with Gasteiger partial charge in [-0.15, -0.1) is 0 Å². The van der Waals surface area contributed by atoms with E-state index in [0.717, 1.165) is 16.3 Å². The molecule has 3 aromatic rings. The Morgan fingerprint density at radius 2 is 1.90 bits per heavy atom. The predicted octanol–water partition coefficient (Wildman–Crippen LogP) is 3.24. The van der Waals surface area contributed by atoms with Gasteiger partial charge < -0.3 is 4.52 Å². The molecule has 0 aliphatic carbocycles. The Balaban J connectivity index is 2.13. The zero-order valence-electron chi connectivity index (χ0n) is 11.3. The molecule has 4 nitrogen and oxygen atoms in total. The molecule has 2 aromatic carbocycles. The molecule has 1 N–H and O–H groups in total. The normalized spacial score (nSPS) is 14.3. The van der Waals surface area contributed by atoms with Crippen LogP contribution < -0.4 is 5.50 Å². The molecule has 1 aromatic heterocycles. The van der Waals surface area contributed by atoms with Gasteiger partial charge in [-0.25, -0.2) is 9.42 Å². The van der Waals surface area contributed by atoms with Crippen molar-refractivity contribution in [1.29, 1.82) is 0 Å². The molecule has 0 aliphatic rings. The number of nitrogens with zero attached hydrogens (tertiary/aromatic N) is 1. The zero-order valence-corrected chi connectivity index (χ0v) is 12.2. The van der Waals surface area contributed by atoms with Gasteiger partial charge in [0.1, 0.15) is 12.4 Å². The van der Waals surface area contributed by atoms with Crippen LogP contribution in [0.5, 0.6) is 0 Å². The van der Waals surface area contributed by atoms with E-state index in [9.17, 15) is 4.89 Å². The van der Waals surface area contributed by atoms with Crippen LogP contribution in [0.25, 0.3) is 22.0 Å². The van der Waals surface area contributed by atoms with Crippen LogP contribution in [-0.2, 0) is 4.52 Å². The fourth-order valence-electron chi connectivity index (χ4n) is 2.13. The smallest absolute Gasteiger partial charge is 0.313 e. The van der Waals surface area contributed by atoms with Crippen molar-refractivity contribution in [3.8, 4) is 11.3 Å². The molecule has 0 radical (unpaired) electrons. The second-order valence-electron chi connectivity index (χ2n) is 4.64. The molecule has 0 fully saturated rings. The largest absolute Gasteiger partial charge is 0.339 e. The fraction of sp³-hybridized carbons (Fsp3) is 0.133. The molecule has 1 atom stereocenters. The maximum absolute atomic E-state index is 10.1. The fourth-order valence-corrected chi connectivity index (χ4v) is 2.86. The van der Waals surface area contributed by atoms with Gasteiger partial charge in [0, 0.05) is 5.56 Å². The van der Waals surface area contributed by atoms with Gasteiger partial charge in [-0.2, -0.15) is 0 Å². The summed E-state index contributed by atoms with van der Waals surface area (Å²) in [6, 6.07) is 15.9. The maximum atomic E-state index is 10.1. The van der Waals surface area contributed by atoms with Crippen LogP contribution in [0.4, 0.5) is 0 Å². The number of benzene rings is 2. The highest BCUT2D eigenvalue weighted by Crippen LogP contribution is 2.49. The van der Waals surface area contributed by atoms with Crippen molar-refractivity contribution < 1.29 is 13.9 Å². The van der Waals surface area contributed by atoms with Crippen LogP contribution in [0.1, 0.15) is 0 Å². The number of aromatic nitrogens is 1. The molecule has 0 saturated heterocycles. The lowest BCUT2D eigenvalue weighted by atomic mass is 10.0. The Kier molecular flexibility index (Phi) is 3.30. The Morgan fingerprint density at radius 1 is 1.15 bits per heavy atom. The van der Waals surface area contributed by atoms with Gasteiger partial charge in [0.2, 0.25) is 0 Å².